The molecule has 0 saturated carbocycles. The molecule has 0 aliphatic rings. The Hall–Kier alpha value is -2.19. The molecule has 2 unspecified atom stereocenters. The molecular weight excluding hydrogens is 443 g/mol. The molecule has 2 aromatic rings. The van der Waals surface area contributed by atoms with Gasteiger partial charge in [-0.2, -0.15) is 0 Å². The Kier molecular flexibility index (Phi) is 14.4. The number of unbranched alkanes of at least 4 members (excludes halogenated alkanes) is 7. The summed E-state index contributed by atoms with van der Waals surface area (Å²) < 4.78 is 13.9. The van der Waals surface area contributed by atoms with E-state index in [1.54, 1.807) is 0 Å². The highest BCUT2D eigenvalue weighted by Crippen LogP contribution is 2.29. The minimum atomic E-state index is -0.926. The van der Waals surface area contributed by atoms with Gasteiger partial charge in [0.1, 0.15) is 5.92 Å². The molecule has 0 bridgehead atoms. The number of esters is 1. The van der Waals surface area contributed by atoms with Gasteiger partial charge in [0.25, 0.3) is 0 Å². The Labute approximate surface area is 208 Å². The summed E-state index contributed by atoms with van der Waals surface area (Å²) in [6.45, 7) is 10.6. The second-order valence-electron chi connectivity index (χ2n) is 8.99. The molecule has 0 amide bonds. The molecule has 34 heavy (non-hydrogen) atoms. The third-order valence-electron chi connectivity index (χ3n) is 6.48. The van der Waals surface area contributed by atoms with Crippen LogP contribution in [0.5, 0.6) is 0 Å². The van der Waals surface area contributed by atoms with Crippen LogP contribution in [0.1, 0.15) is 102 Å². The first-order valence-corrected chi connectivity index (χ1v) is 13.1. The zero-order valence-corrected chi connectivity index (χ0v) is 23.2. The molecule has 0 aliphatic heterocycles. The van der Waals surface area contributed by atoms with Gasteiger partial charge in [0.05, 0.1) is 15.7 Å². The lowest BCUT2D eigenvalue weighted by atomic mass is 9.84. The highest BCUT2D eigenvalue weighted by atomic mass is 31.0. The molecule has 2 rings (SSSR count). The van der Waals surface area contributed by atoms with Gasteiger partial charge in [0, 0.05) is 5.56 Å². The van der Waals surface area contributed by atoms with Gasteiger partial charge in [-0.1, -0.05) is 88.3 Å². The van der Waals surface area contributed by atoms with Crippen LogP contribution in [0.3, 0.4) is 0 Å². The summed E-state index contributed by atoms with van der Waals surface area (Å²) in [5.41, 5.74) is 5.45. The number of carbonyl (C=O) groups is 2. The monoisotopic (exact) mass is 486 g/mol. The summed E-state index contributed by atoms with van der Waals surface area (Å²) in [7, 11) is 0.611. The van der Waals surface area contributed by atoms with Crippen LogP contribution in [0.4, 0.5) is 0 Å². The van der Waals surface area contributed by atoms with E-state index in [2.05, 4.69) is 13.8 Å². The number of hydrogen-bond donors (Lipinski definition) is 0. The fourth-order valence-corrected chi connectivity index (χ4v) is 4.34. The largest absolute Gasteiger partial charge is 0.465 e. The topological polar surface area (TPSA) is 60.4 Å². The van der Waals surface area contributed by atoms with E-state index < -0.39 is 11.9 Å². The number of benzene rings is 2. The average molecular weight is 487 g/mol. The van der Waals surface area contributed by atoms with Crippen molar-refractivity contribution in [1.29, 1.82) is 0 Å². The molecule has 2 aromatic carbocycles. The quantitative estimate of drug-likeness (QED) is 0.0966. The molecule has 2 atom stereocenters. The van der Waals surface area contributed by atoms with Crippen molar-refractivity contribution in [2.24, 2.45) is 0 Å². The first kappa shape index (κ1) is 29.8. The van der Waals surface area contributed by atoms with Crippen molar-refractivity contribution < 1.29 is 18.9 Å². The molecule has 0 spiro atoms. The van der Waals surface area contributed by atoms with E-state index in [1.165, 1.54) is 38.5 Å². The number of ether oxygens (including phenoxy) is 1. The van der Waals surface area contributed by atoms with Crippen molar-refractivity contribution in [2.45, 2.75) is 91.9 Å². The van der Waals surface area contributed by atoms with Gasteiger partial charge < -0.3 is 9.30 Å². The fraction of sp³-hybridized carbons (Fsp3) is 0.517. The summed E-state index contributed by atoms with van der Waals surface area (Å²) in [6, 6.07) is 11.3. The number of ketones is 1. The Morgan fingerprint density at radius 1 is 0.794 bits per heavy atom. The van der Waals surface area contributed by atoms with Gasteiger partial charge in [-0.3, -0.25) is 9.59 Å². The number of rotatable bonds is 13. The molecule has 0 heterocycles. The second kappa shape index (κ2) is 16.4. The summed E-state index contributed by atoms with van der Waals surface area (Å²) in [6.07, 6.45) is 9.48. The zero-order valence-electron chi connectivity index (χ0n) is 21.7. The smallest absolute Gasteiger partial charge is 0.321 e. The van der Waals surface area contributed by atoms with Crippen molar-refractivity contribution in [3.05, 3.63) is 69.8 Å². The second-order valence-corrected chi connectivity index (χ2v) is 8.99. The Morgan fingerprint density at radius 3 is 1.94 bits per heavy atom. The predicted molar refractivity (Wildman–Crippen MR) is 144 cm³/mol. The van der Waals surface area contributed by atoms with Gasteiger partial charge in [-0.15, -0.1) is 0 Å². The van der Waals surface area contributed by atoms with Crippen LogP contribution in [0.2, 0.25) is 0 Å². The summed E-state index contributed by atoms with van der Waals surface area (Å²) >= 11 is 0. The van der Waals surface area contributed by atoms with Gasteiger partial charge in [-0.25, -0.2) is 0 Å². The third kappa shape index (κ3) is 8.87. The van der Waals surface area contributed by atoms with Crippen LogP contribution in [0.15, 0.2) is 36.4 Å². The number of hydrogen-bond acceptors (Lipinski definition) is 4. The van der Waals surface area contributed by atoms with Crippen molar-refractivity contribution in [1.82, 2.24) is 0 Å². The summed E-state index contributed by atoms with van der Waals surface area (Å²) in [5, 5.41) is 0. The standard InChI is InChI=1S/C29H40O3.H3OP/c1-6-7-8-9-10-11-12-16-19-32-29(31)27(25-17-14-13-15-18-25)28(30)26-22(3)20-21(2)23(4)24(26)5;1-2/h13-15,17-18,20,27H,6-12,16,19H2,1-5H3;2H3. The SMILES string of the molecule is CCCCCCCCCCOC(=O)C(C(=O)c1c(C)cc(C)c(C)c1C)c1ccccc1.O=[PH3]. The maximum atomic E-state index is 13.7. The first-order valence-electron chi connectivity index (χ1n) is 12.5. The molecule has 5 heteroatoms. The highest BCUT2D eigenvalue weighted by Gasteiger charge is 2.33. The van der Waals surface area contributed by atoms with Crippen LogP contribution in [-0.4, -0.2) is 18.4 Å². The molecule has 188 valence electrons. The van der Waals surface area contributed by atoms with Crippen molar-refractivity contribution in [2.75, 3.05) is 6.61 Å². The molecule has 0 saturated heterocycles. The lowest BCUT2D eigenvalue weighted by Gasteiger charge is -2.20. The number of carbonyl (C=O) groups excluding carboxylic acids is 2. The van der Waals surface area contributed by atoms with Crippen molar-refractivity contribution in [3.8, 4) is 0 Å². The van der Waals surface area contributed by atoms with Gasteiger partial charge in [0.15, 0.2) is 5.78 Å². The van der Waals surface area contributed by atoms with E-state index in [4.69, 9.17) is 9.30 Å². The van der Waals surface area contributed by atoms with E-state index in [0.717, 1.165) is 35.1 Å². The summed E-state index contributed by atoms with van der Waals surface area (Å²) in [4.78, 5) is 26.7. The Balaban J connectivity index is 0.00000281. The number of Topliss-reactive ketones (excluding diaryl/α,β-unsaturated/α-hetero) is 1. The highest BCUT2D eigenvalue weighted by molar-refractivity contribution is 7.00. The van der Waals surface area contributed by atoms with Gasteiger partial charge in [-0.05, 0) is 61.9 Å². The minimum absolute atomic E-state index is 0.171. The van der Waals surface area contributed by atoms with Crippen LogP contribution >= 0.6 is 9.12 Å². The summed E-state index contributed by atoms with van der Waals surface area (Å²) in [5.74, 6) is -1.54. The maximum Gasteiger partial charge on any atom is 0.321 e. The third-order valence-corrected chi connectivity index (χ3v) is 6.48. The molecule has 0 radical (unpaired) electrons. The minimum Gasteiger partial charge on any atom is -0.465 e. The predicted octanol–water partition coefficient (Wildman–Crippen LogP) is 7.51. The van der Waals surface area contributed by atoms with E-state index >= 15 is 0 Å². The van der Waals surface area contributed by atoms with E-state index in [1.807, 2.05) is 57.2 Å². The Morgan fingerprint density at radius 2 is 1.35 bits per heavy atom. The maximum absolute atomic E-state index is 13.7. The van der Waals surface area contributed by atoms with Crippen molar-refractivity contribution in [3.63, 3.8) is 0 Å². The zero-order chi connectivity index (χ0) is 25.5. The van der Waals surface area contributed by atoms with Crippen LogP contribution in [0.25, 0.3) is 0 Å². The molecule has 4 nitrogen and oxygen atoms in total. The van der Waals surface area contributed by atoms with Crippen LogP contribution in [-0.2, 0) is 14.1 Å². The van der Waals surface area contributed by atoms with Gasteiger partial charge in [0.2, 0.25) is 0 Å². The normalized spacial score (nSPS) is 11.4. The fourth-order valence-electron chi connectivity index (χ4n) is 4.34. The average Bonchev–Trinajstić information content (AvgIpc) is 2.83. The van der Waals surface area contributed by atoms with E-state index in [9.17, 15) is 9.59 Å². The lowest BCUT2D eigenvalue weighted by Crippen LogP contribution is -2.26. The lowest BCUT2D eigenvalue weighted by molar-refractivity contribution is -0.144. The number of aryl methyl sites for hydroxylation is 2. The van der Waals surface area contributed by atoms with Gasteiger partial charge >= 0.3 is 5.97 Å². The molecule has 0 aliphatic carbocycles. The molecule has 0 N–H and O–H groups in total. The van der Waals surface area contributed by atoms with E-state index in [0.29, 0.717) is 26.9 Å². The van der Waals surface area contributed by atoms with Crippen molar-refractivity contribution >= 4 is 20.9 Å². The molecule has 0 fully saturated rings. The first-order chi connectivity index (χ1) is 16.4. The molecular formula is C29H43O4P. The van der Waals surface area contributed by atoms with Crippen LogP contribution < -0.4 is 0 Å². The van der Waals surface area contributed by atoms with Crippen LogP contribution in [0, 0.1) is 27.7 Å². The Bertz CT molecular complexity index is 908. The molecule has 0 aromatic heterocycles. The van der Waals surface area contributed by atoms with E-state index in [-0.39, 0.29) is 5.78 Å².